The van der Waals surface area contributed by atoms with Gasteiger partial charge in [0.15, 0.2) is 0 Å². The SMILES string of the molecule is C=CCCC(O)CN1CCN(c2ccc(F)cc2F)CC1. The lowest BCUT2D eigenvalue weighted by Crippen LogP contribution is -2.48. The summed E-state index contributed by atoms with van der Waals surface area (Å²) in [4.78, 5) is 4.09. The smallest absolute Gasteiger partial charge is 0.149 e. The highest BCUT2D eigenvalue weighted by Gasteiger charge is 2.21. The van der Waals surface area contributed by atoms with Crippen LogP contribution in [0.3, 0.4) is 0 Å². The second-order valence-electron chi connectivity index (χ2n) is 5.40. The van der Waals surface area contributed by atoms with Crippen molar-refractivity contribution in [3.05, 3.63) is 42.5 Å². The molecule has 0 radical (unpaired) electrons. The van der Waals surface area contributed by atoms with Gasteiger partial charge in [0.05, 0.1) is 11.8 Å². The first-order chi connectivity index (χ1) is 10.1. The summed E-state index contributed by atoms with van der Waals surface area (Å²) in [6.45, 7) is 7.16. The van der Waals surface area contributed by atoms with Crippen LogP contribution in [-0.4, -0.2) is 48.8 Å². The van der Waals surface area contributed by atoms with Gasteiger partial charge in [0, 0.05) is 38.8 Å². The summed E-state index contributed by atoms with van der Waals surface area (Å²) in [6.07, 6.45) is 2.98. The Morgan fingerprint density at radius 1 is 1.24 bits per heavy atom. The number of allylic oxidation sites excluding steroid dienone is 1. The van der Waals surface area contributed by atoms with Gasteiger partial charge < -0.3 is 10.0 Å². The molecule has 1 aliphatic rings. The van der Waals surface area contributed by atoms with Gasteiger partial charge >= 0.3 is 0 Å². The molecule has 1 saturated heterocycles. The zero-order valence-electron chi connectivity index (χ0n) is 12.1. The van der Waals surface area contributed by atoms with E-state index < -0.39 is 11.6 Å². The number of hydrogen-bond acceptors (Lipinski definition) is 3. The van der Waals surface area contributed by atoms with Crippen LogP contribution in [0.1, 0.15) is 12.8 Å². The maximum Gasteiger partial charge on any atom is 0.149 e. The predicted octanol–water partition coefficient (Wildman–Crippen LogP) is 2.41. The first-order valence-corrected chi connectivity index (χ1v) is 7.31. The minimum absolute atomic E-state index is 0.350. The van der Waals surface area contributed by atoms with Gasteiger partial charge in [-0.05, 0) is 25.0 Å². The largest absolute Gasteiger partial charge is 0.392 e. The number of aliphatic hydroxyl groups excluding tert-OH is 1. The van der Waals surface area contributed by atoms with Crippen molar-refractivity contribution < 1.29 is 13.9 Å². The monoisotopic (exact) mass is 296 g/mol. The number of rotatable bonds is 6. The summed E-state index contributed by atoms with van der Waals surface area (Å²) >= 11 is 0. The Hall–Kier alpha value is -1.46. The van der Waals surface area contributed by atoms with Crippen molar-refractivity contribution in [3.8, 4) is 0 Å². The number of aliphatic hydroxyl groups is 1. The fourth-order valence-corrected chi connectivity index (χ4v) is 2.61. The summed E-state index contributed by atoms with van der Waals surface area (Å²) in [7, 11) is 0. The Labute approximate surface area is 124 Å². The number of benzene rings is 1. The number of piperazine rings is 1. The molecule has 1 unspecified atom stereocenters. The minimum atomic E-state index is -0.555. The van der Waals surface area contributed by atoms with E-state index >= 15 is 0 Å². The number of anilines is 1. The topological polar surface area (TPSA) is 26.7 Å². The van der Waals surface area contributed by atoms with E-state index in [-0.39, 0.29) is 6.10 Å². The van der Waals surface area contributed by atoms with Crippen LogP contribution in [0.4, 0.5) is 14.5 Å². The van der Waals surface area contributed by atoms with Crippen LogP contribution in [0, 0.1) is 11.6 Å². The molecule has 0 saturated carbocycles. The molecule has 3 nitrogen and oxygen atoms in total. The van der Waals surface area contributed by atoms with Crippen molar-refractivity contribution >= 4 is 5.69 Å². The summed E-state index contributed by atoms with van der Waals surface area (Å²) in [6, 6.07) is 3.68. The third-order valence-electron chi connectivity index (χ3n) is 3.80. The highest BCUT2D eigenvalue weighted by Crippen LogP contribution is 2.21. The van der Waals surface area contributed by atoms with Crippen LogP contribution in [0.5, 0.6) is 0 Å². The quantitative estimate of drug-likeness (QED) is 0.817. The molecular formula is C16H22F2N2O. The van der Waals surface area contributed by atoms with E-state index in [9.17, 15) is 13.9 Å². The van der Waals surface area contributed by atoms with Crippen molar-refractivity contribution in [3.63, 3.8) is 0 Å². The molecule has 1 fully saturated rings. The molecule has 0 aromatic heterocycles. The summed E-state index contributed by atoms with van der Waals surface area (Å²) in [5, 5.41) is 9.89. The van der Waals surface area contributed by atoms with Gasteiger partial charge in [-0.3, -0.25) is 4.90 Å². The third kappa shape index (κ3) is 4.51. The fraction of sp³-hybridized carbons (Fsp3) is 0.500. The Kier molecular flexibility index (Phi) is 5.70. The van der Waals surface area contributed by atoms with E-state index in [0.29, 0.717) is 25.3 Å². The molecule has 2 rings (SSSR count). The molecule has 1 aliphatic heterocycles. The Balaban J connectivity index is 1.84. The van der Waals surface area contributed by atoms with Crippen molar-refractivity contribution in [2.45, 2.75) is 18.9 Å². The normalized spacial score (nSPS) is 17.8. The molecule has 116 valence electrons. The van der Waals surface area contributed by atoms with E-state index in [1.54, 1.807) is 6.08 Å². The lowest BCUT2D eigenvalue weighted by atomic mass is 10.1. The molecule has 0 amide bonds. The molecule has 1 heterocycles. The zero-order valence-corrected chi connectivity index (χ0v) is 12.1. The maximum atomic E-state index is 13.7. The van der Waals surface area contributed by atoms with Crippen LogP contribution >= 0.6 is 0 Å². The molecule has 0 spiro atoms. The van der Waals surface area contributed by atoms with Crippen LogP contribution < -0.4 is 4.90 Å². The molecule has 1 aromatic rings. The van der Waals surface area contributed by atoms with Crippen molar-refractivity contribution in [1.82, 2.24) is 4.90 Å². The van der Waals surface area contributed by atoms with Crippen LogP contribution in [0.15, 0.2) is 30.9 Å². The lowest BCUT2D eigenvalue weighted by Gasteiger charge is -2.37. The molecule has 21 heavy (non-hydrogen) atoms. The zero-order chi connectivity index (χ0) is 15.2. The van der Waals surface area contributed by atoms with Gasteiger partial charge in [0.2, 0.25) is 0 Å². The number of nitrogens with zero attached hydrogens (tertiary/aromatic N) is 2. The van der Waals surface area contributed by atoms with Gasteiger partial charge in [-0.25, -0.2) is 8.78 Å². The summed E-state index contributed by atoms with van der Waals surface area (Å²) < 4.78 is 26.7. The van der Waals surface area contributed by atoms with Gasteiger partial charge in [0.1, 0.15) is 11.6 Å². The molecule has 1 aromatic carbocycles. The maximum absolute atomic E-state index is 13.7. The Morgan fingerprint density at radius 3 is 2.57 bits per heavy atom. The van der Waals surface area contributed by atoms with Crippen LogP contribution in [0.25, 0.3) is 0 Å². The summed E-state index contributed by atoms with van der Waals surface area (Å²) in [5.41, 5.74) is 0.447. The van der Waals surface area contributed by atoms with Crippen molar-refractivity contribution in [1.29, 1.82) is 0 Å². The first-order valence-electron chi connectivity index (χ1n) is 7.31. The van der Waals surface area contributed by atoms with Gasteiger partial charge in [-0.2, -0.15) is 0 Å². The average Bonchev–Trinajstić information content (AvgIpc) is 2.46. The minimum Gasteiger partial charge on any atom is -0.392 e. The van der Waals surface area contributed by atoms with E-state index in [1.165, 1.54) is 12.1 Å². The van der Waals surface area contributed by atoms with E-state index in [4.69, 9.17) is 0 Å². The lowest BCUT2D eigenvalue weighted by molar-refractivity contribution is 0.103. The Morgan fingerprint density at radius 2 is 1.95 bits per heavy atom. The second-order valence-corrected chi connectivity index (χ2v) is 5.40. The standard InChI is InChI=1S/C16H22F2N2O/c1-2-3-4-14(21)12-19-7-9-20(10-8-19)16-6-5-13(17)11-15(16)18/h2,5-6,11,14,21H,1,3-4,7-10,12H2. The Bertz CT molecular complexity index is 473. The fourth-order valence-electron chi connectivity index (χ4n) is 2.61. The van der Waals surface area contributed by atoms with E-state index in [1.807, 2.05) is 4.90 Å². The molecule has 0 bridgehead atoms. The number of β-amino-alcohol motifs (C(OH)–C–C–N with tert-alkyl or cyclic N) is 1. The number of halogens is 2. The van der Waals surface area contributed by atoms with Crippen molar-refractivity contribution in [2.24, 2.45) is 0 Å². The van der Waals surface area contributed by atoms with Crippen LogP contribution in [-0.2, 0) is 0 Å². The highest BCUT2D eigenvalue weighted by atomic mass is 19.1. The second kappa shape index (κ2) is 7.52. The van der Waals surface area contributed by atoms with Crippen molar-refractivity contribution in [2.75, 3.05) is 37.6 Å². The summed E-state index contributed by atoms with van der Waals surface area (Å²) in [5.74, 6) is -1.07. The highest BCUT2D eigenvalue weighted by molar-refractivity contribution is 5.48. The molecule has 1 atom stereocenters. The first kappa shape index (κ1) is 15.9. The van der Waals surface area contributed by atoms with Gasteiger partial charge in [-0.1, -0.05) is 6.08 Å². The van der Waals surface area contributed by atoms with Gasteiger partial charge in [0.25, 0.3) is 0 Å². The predicted molar refractivity (Wildman–Crippen MR) is 80.4 cm³/mol. The van der Waals surface area contributed by atoms with Crippen LogP contribution in [0.2, 0.25) is 0 Å². The number of hydrogen-bond donors (Lipinski definition) is 1. The molecule has 0 aliphatic carbocycles. The van der Waals surface area contributed by atoms with E-state index in [2.05, 4.69) is 11.5 Å². The van der Waals surface area contributed by atoms with Gasteiger partial charge in [-0.15, -0.1) is 6.58 Å². The van der Waals surface area contributed by atoms with E-state index in [0.717, 1.165) is 32.0 Å². The molecule has 5 heteroatoms. The third-order valence-corrected chi connectivity index (χ3v) is 3.80. The molecule has 1 N–H and O–H groups in total. The average molecular weight is 296 g/mol. The molecular weight excluding hydrogens is 274 g/mol.